The zero-order valence-corrected chi connectivity index (χ0v) is 8.05. The summed E-state index contributed by atoms with van der Waals surface area (Å²) in [6.45, 7) is 4.38. The molecule has 1 aliphatic rings. The van der Waals surface area contributed by atoms with Gasteiger partial charge < -0.3 is 10.6 Å². The van der Waals surface area contributed by atoms with Gasteiger partial charge >= 0.3 is 0 Å². The van der Waals surface area contributed by atoms with Crippen molar-refractivity contribution in [3.8, 4) is 0 Å². The highest BCUT2D eigenvalue weighted by Gasteiger charge is 2.30. The smallest absolute Gasteiger partial charge is 0.237 e. The van der Waals surface area contributed by atoms with Crippen molar-refractivity contribution in [2.45, 2.75) is 6.92 Å². The molecule has 1 saturated heterocycles. The van der Waals surface area contributed by atoms with E-state index in [1.54, 1.807) is 4.90 Å². The maximum absolute atomic E-state index is 11.2. The summed E-state index contributed by atoms with van der Waals surface area (Å²) < 4.78 is 0. The molecule has 0 radical (unpaired) electrons. The lowest BCUT2D eigenvalue weighted by molar-refractivity contribution is -0.127. The second-order valence-electron chi connectivity index (χ2n) is 3.41. The van der Waals surface area contributed by atoms with Gasteiger partial charge in [0.15, 0.2) is 0 Å². The van der Waals surface area contributed by atoms with Crippen LogP contribution in [0, 0.1) is 11.8 Å². The molecule has 0 aromatic carbocycles. The fourth-order valence-electron chi connectivity index (χ4n) is 1.63. The summed E-state index contributed by atoms with van der Waals surface area (Å²) in [5.74, 6) is 1.09. The Bertz CT molecular complexity index is 174. The van der Waals surface area contributed by atoms with E-state index >= 15 is 0 Å². The SMILES string of the molecule is C[C@@H]1CN(C(=O)CCl)C[C@H]1CN. The summed E-state index contributed by atoms with van der Waals surface area (Å²) in [7, 11) is 0. The van der Waals surface area contributed by atoms with E-state index in [2.05, 4.69) is 6.92 Å². The third-order valence-electron chi connectivity index (χ3n) is 2.54. The number of halogens is 1. The van der Waals surface area contributed by atoms with E-state index in [1.807, 2.05) is 0 Å². The quantitative estimate of drug-likeness (QED) is 0.636. The Hall–Kier alpha value is -0.280. The van der Waals surface area contributed by atoms with Crippen LogP contribution in [0.25, 0.3) is 0 Å². The number of hydrogen-bond acceptors (Lipinski definition) is 2. The van der Waals surface area contributed by atoms with Crippen molar-refractivity contribution in [3.05, 3.63) is 0 Å². The molecule has 0 spiro atoms. The Labute approximate surface area is 77.9 Å². The molecule has 70 valence electrons. The Balaban J connectivity index is 2.48. The Morgan fingerprint density at radius 2 is 2.33 bits per heavy atom. The van der Waals surface area contributed by atoms with Crippen molar-refractivity contribution in [2.75, 3.05) is 25.5 Å². The molecule has 0 aromatic rings. The fourth-order valence-corrected chi connectivity index (χ4v) is 1.80. The van der Waals surface area contributed by atoms with Crippen molar-refractivity contribution in [2.24, 2.45) is 17.6 Å². The van der Waals surface area contributed by atoms with Crippen LogP contribution in [0.1, 0.15) is 6.92 Å². The first-order valence-electron chi connectivity index (χ1n) is 4.22. The van der Waals surface area contributed by atoms with Crippen LogP contribution in [0.15, 0.2) is 0 Å². The zero-order valence-electron chi connectivity index (χ0n) is 7.29. The topological polar surface area (TPSA) is 46.3 Å². The highest BCUT2D eigenvalue weighted by Crippen LogP contribution is 2.21. The Kier molecular flexibility index (Phi) is 3.35. The molecule has 12 heavy (non-hydrogen) atoms. The maximum Gasteiger partial charge on any atom is 0.237 e. The molecule has 1 aliphatic heterocycles. The Morgan fingerprint density at radius 1 is 1.67 bits per heavy atom. The first-order valence-corrected chi connectivity index (χ1v) is 4.76. The van der Waals surface area contributed by atoms with E-state index in [4.69, 9.17) is 17.3 Å². The number of amides is 1. The van der Waals surface area contributed by atoms with Gasteiger partial charge in [0.05, 0.1) is 0 Å². The molecule has 2 N–H and O–H groups in total. The van der Waals surface area contributed by atoms with Crippen LogP contribution in [0.5, 0.6) is 0 Å². The molecule has 0 aromatic heterocycles. The van der Waals surface area contributed by atoms with E-state index in [0.717, 1.165) is 13.1 Å². The minimum atomic E-state index is 0.0273. The minimum absolute atomic E-state index is 0.0273. The molecule has 1 amide bonds. The molecule has 1 rings (SSSR count). The molecule has 1 fully saturated rings. The number of nitrogens with zero attached hydrogens (tertiary/aromatic N) is 1. The van der Waals surface area contributed by atoms with Crippen molar-refractivity contribution in [1.82, 2.24) is 4.90 Å². The van der Waals surface area contributed by atoms with Crippen LogP contribution in [-0.2, 0) is 4.79 Å². The average molecular weight is 191 g/mol. The normalized spacial score (nSPS) is 29.4. The molecule has 0 bridgehead atoms. The lowest BCUT2D eigenvalue weighted by atomic mass is 9.99. The summed E-state index contributed by atoms with van der Waals surface area (Å²) in [6.07, 6.45) is 0. The van der Waals surface area contributed by atoms with Crippen molar-refractivity contribution >= 4 is 17.5 Å². The van der Waals surface area contributed by atoms with Gasteiger partial charge in [-0.1, -0.05) is 6.92 Å². The van der Waals surface area contributed by atoms with Gasteiger partial charge in [-0.25, -0.2) is 0 Å². The number of carbonyl (C=O) groups excluding carboxylic acids is 1. The molecule has 0 saturated carbocycles. The predicted molar refractivity (Wildman–Crippen MR) is 49.0 cm³/mol. The molecule has 1 heterocycles. The van der Waals surface area contributed by atoms with Gasteiger partial charge in [-0.05, 0) is 18.4 Å². The second-order valence-corrected chi connectivity index (χ2v) is 3.67. The number of hydrogen-bond donors (Lipinski definition) is 1. The van der Waals surface area contributed by atoms with E-state index in [9.17, 15) is 4.79 Å². The summed E-state index contributed by atoms with van der Waals surface area (Å²) in [5.41, 5.74) is 5.56. The lowest BCUT2D eigenvalue weighted by Gasteiger charge is -2.13. The number of rotatable bonds is 2. The van der Waals surface area contributed by atoms with Gasteiger partial charge in [0, 0.05) is 13.1 Å². The monoisotopic (exact) mass is 190 g/mol. The molecule has 0 unspecified atom stereocenters. The maximum atomic E-state index is 11.2. The summed E-state index contributed by atoms with van der Waals surface area (Å²) in [6, 6.07) is 0. The van der Waals surface area contributed by atoms with E-state index in [-0.39, 0.29) is 11.8 Å². The summed E-state index contributed by atoms with van der Waals surface area (Å²) in [4.78, 5) is 13.0. The molecule has 2 atom stereocenters. The average Bonchev–Trinajstić information content (AvgIpc) is 2.45. The van der Waals surface area contributed by atoms with Crippen LogP contribution >= 0.6 is 11.6 Å². The first-order chi connectivity index (χ1) is 5.69. The van der Waals surface area contributed by atoms with E-state index < -0.39 is 0 Å². The number of carbonyl (C=O) groups is 1. The highest BCUT2D eigenvalue weighted by atomic mass is 35.5. The van der Waals surface area contributed by atoms with E-state index in [0.29, 0.717) is 18.4 Å². The van der Waals surface area contributed by atoms with Crippen LogP contribution in [0.4, 0.5) is 0 Å². The first kappa shape index (κ1) is 9.81. The zero-order chi connectivity index (χ0) is 9.14. The van der Waals surface area contributed by atoms with Gasteiger partial charge in [0.2, 0.25) is 5.91 Å². The largest absolute Gasteiger partial charge is 0.341 e. The van der Waals surface area contributed by atoms with Crippen LogP contribution in [0.2, 0.25) is 0 Å². The number of nitrogens with two attached hydrogens (primary N) is 1. The fraction of sp³-hybridized carbons (Fsp3) is 0.875. The molecular weight excluding hydrogens is 176 g/mol. The number of alkyl halides is 1. The molecular formula is C8H15ClN2O. The highest BCUT2D eigenvalue weighted by molar-refractivity contribution is 6.27. The van der Waals surface area contributed by atoms with Crippen molar-refractivity contribution in [1.29, 1.82) is 0 Å². The third-order valence-corrected chi connectivity index (χ3v) is 2.77. The second kappa shape index (κ2) is 4.10. The van der Waals surface area contributed by atoms with Crippen molar-refractivity contribution < 1.29 is 4.79 Å². The van der Waals surface area contributed by atoms with Crippen LogP contribution in [-0.4, -0.2) is 36.3 Å². The minimum Gasteiger partial charge on any atom is -0.341 e. The van der Waals surface area contributed by atoms with Crippen LogP contribution < -0.4 is 5.73 Å². The summed E-state index contributed by atoms with van der Waals surface area (Å²) >= 11 is 5.45. The molecule has 4 heteroatoms. The van der Waals surface area contributed by atoms with Gasteiger partial charge in [0.25, 0.3) is 0 Å². The van der Waals surface area contributed by atoms with Crippen molar-refractivity contribution in [3.63, 3.8) is 0 Å². The Morgan fingerprint density at radius 3 is 2.75 bits per heavy atom. The van der Waals surface area contributed by atoms with Gasteiger partial charge in [-0.15, -0.1) is 11.6 Å². The molecule has 3 nitrogen and oxygen atoms in total. The standard InChI is InChI=1S/C8H15ClN2O/c1-6-4-11(8(12)2-9)5-7(6)3-10/h6-7H,2-5,10H2,1H3/t6-,7-/m1/s1. The molecule has 0 aliphatic carbocycles. The third kappa shape index (κ3) is 1.90. The van der Waals surface area contributed by atoms with Gasteiger partial charge in [0.1, 0.15) is 5.88 Å². The van der Waals surface area contributed by atoms with Crippen LogP contribution in [0.3, 0.4) is 0 Å². The lowest BCUT2D eigenvalue weighted by Crippen LogP contribution is -2.30. The van der Waals surface area contributed by atoms with Gasteiger partial charge in [-0.2, -0.15) is 0 Å². The summed E-state index contributed by atoms with van der Waals surface area (Å²) in [5, 5.41) is 0. The predicted octanol–water partition coefficient (Wildman–Crippen LogP) is 0.278. The number of likely N-dealkylation sites (tertiary alicyclic amines) is 1. The van der Waals surface area contributed by atoms with Gasteiger partial charge in [-0.3, -0.25) is 4.79 Å². The van der Waals surface area contributed by atoms with E-state index in [1.165, 1.54) is 0 Å².